The van der Waals surface area contributed by atoms with Gasteiger partial charge in [0, 0.05) is 17.8 Å². The van der Waals surface area contributed by atoms with Gasteiger partial charge in [0.2, 0.25) is 0 Å². The average Bonchev–Trinajstić information content (AvgIpc) is 3.39. The summed E-state index contributed by atoms with van der Waals surface area (Å²) in [6.45, 7) is 1.84. The first-order valence-corrected chi connectivity index (χ1v) is 8.05. The maximum atomic E-state index is 12.1. The standard InChI is InChI=1S/C17H19N5O3/c1-10(18-16(24)14-8-9-15(23)22-21-14)11-2-4-12(5-3-11)19-17(25)20-13-6-7-13/h2-5,8-10,13H,6-7H2,1H3,(H,18,24)(H,22,23)(H2,19,20,25)/t10-/m0/s1. The van der Waals surface area contributed by atoms with Gasteiger partial charge < -0.3 is 16.0 Å². The van der Waals surface area contributed by atoms with Gasteiger partial charge in [-0.3, -0.25) is 9.59 Å². The van der Waals surface area contributed by atoms with Crippen LogP contribution in [0.1, 0.15) is 41.9 Å². The molecule has 3 rings (SSSR count). The third-order valence-corrected chi connectivity index (χ3v) is 3.84. The van der Waals surface area contributed by atoms with Crippen LogP contribution < -0.4 is 21.5 Å². The number of nitrogens with zero attached hydrogens (tertiary/aromatic N) is 1. The van der Waals surface area contributed by atoms with E-state index in [1.807, 2.05) is 19.1 Å². The molecule has 8 heteroatoms. The van der Waals surface area contributed by atoms with Crippen LogP contribution in [0.2, 0.25) is 0 Å². The highest BCUT2D eigenvalue weighted by Crippen LogP contribution is 2.19. The highest BCUT2D eigenvalue weighted by Gasteiger charge is 2.23. The number of amides is 3. The van der Waals surface area contributed by atoms with E-state index in [1.54, 1.807) is 12.1 Å². The van der Waals surface area contributed by atoms with E-state index in [4.69, 9.17) is 0 Å². The zero-order valence-electron chi connectivity index (χ0n) is 13.7. The monoisotopic (exact) mass is 341 g/mol. The maximum absolute atomic E-state index is 12.1. The van der Waals surface area contributed by atoms with Crippen molar-refractivity contribution in [3.63, 3.8) is 0 Å². The number of carbonyl (C=O) groups is 2. The predicted molar refractivity (Wildman–Crippen MR) is 92.4 cm³/mol. The minimum atomic E-state index is -0.380. The number of nitrogens with one attached hydrogen (secondary N) is 4. The van der Waals surface area contributed by atoms with Gasteiger partial charge in [0.25, 0.3) is 11.5 Å². The summed E-state index contributed by atoms with van der Waals surface area (Å²) < 4.78 is 0. The smallest absolute Gasteiger partial charge is 0.319 e. The van der Waals surface area contributed by atoms with E-state index >= 15 is 0 Å². The first-order chi connectivity index (χ1) is 12.0. The van der Waals surface area contributed by atoms with Crippen LogP contribution in [0.3, 0.4) is 0 Å². The maximum Gasteiger partial charge on any atom is 0.319 e. The second-order valence-corrected chi connectivity index (χ2v) is 6.00. The molecular weight excluding hydrogens is 322 g/mol. The number of aromatic nitrogens is 2. The molecule has 8 nitrogen and oxygen atoms in total. The number of carbonyl (C=O) groups excluding carboxylic acids is 2. The van der Waals surface area contributed by atoms with Gasteiger partial charge in [-0.15, -0.1) is 0 Å². The first-order valence-electron chi connectivity index (χ1n) is 8.05. The molecule has 2 aromatic rings. The minimum absolute atomic E-state index is 0.140. The van der Waals surface area contributed by atoms with E-state index in [-0.39, 0.29) is 29.2 Å². The summed E-state index contributed by atoms with van der Waals surface area (Å²) in [7, 11) is 0. The average molecular weight is 341 g/mol. The van der Waals surface area contributed by atoms with Crippen molar-refractivity contribution in [3.8, 4) is 0 Å². The Morgan fingerprint density at radius 3 is 2.48 bits per heavy atom. The Bertz CT molecular complexity index is 806. The molecule has 1 aliphatic rings. The Hall–Kier alpha value is -3.16. The zero-order valence-corrected chi connectivity index (χ0v) is 13.7. The van der Waals surface area contributed by atoms with Crippen molar-refractivity contribution in [2.75, 3.05) is 5.32 Å². The van der Waals surface area contributed by atoms with Crippen LogP contribution in [-0.2, 0) is 0 Å². The number of H-pyrrole nitrogens is 1. The van der Waals surface area contributed by atoms with Crippen LogP contribution in [0, 0.1) is 0 Å². The van der Waals surface area contributed by atoms with Crippen LogP contribution in [0.25, 0.3) is 0 Å². The lowest BCUT2D eigenvalue weighted by atomic mass is 10.1. The molecule has 0 bridgehead atoms. The van der Waals surface area contributed by atoms with Crippen molar-refractivity contribution in [2.45, 2.75) is 31.8 Å². The molecule has 1 fully saturated rings. The topological polar surface area (TPSA) is 116 Å². The fraction of sp³-hybridized carbons (Fsp3) is 0.294. The van der Waals surface area contributed by atoms with E-state index in [0.717, 1.165) is 18.4 Å². The third kappa shape index (κ3) is 4.66. The molecule has 4 N–H and O–H groups in total. The number of hydrogen-bond donors (Lipinski definition) is 4. The van der Waals surface area contributed by atoms with Gasteiger partial charge in [0.05, 0.1) is 6.04 Å². The number of hydrogen-bond acceptors (Lipinski definition) is 4. The summed E-state index contributed by atoms with van der Waals surface area (Å²) in [6, 6.07) is 9.68. The summed E-state index contributed by atoms with van der Waals surface area (Å²) in [6.07, 6.45) is 2.07. The second kappa shape index (κ2) is 7.16. The minimum Gasteiger partial charge on any atom is -0.344 e. The summed E-state index contributed by atoms with van der Waals surface area (Å²) in [5.74, 6) is -0.380. The molecule has 0 unspecified atom stereocenters. The fourth-order valence-electron chi connectivity index (χ4n) is 2.26. The molecular formula is C17H19N5O3. The molecule has 25 heavy (non-hydrogen) atoms. The lowest BCUT2D eigenvalue weighted by Gasteiger charge is -2.14. The van der Waals surface area contributed by atoms with Crippen LogP contribution in [-0.4, -0.2) is 28.2 Å². The van der Waals surface area contributed by atoms with Gasteiger partial charge in [-0.2, -0.15) is 5.10 Å². The van der Waals surface area contributed by atoms with Crippen LogP contribution >= 0.6 is 0 Å². The van der Waals surface area contributed by atoms with Gasteiger partial charge in [-0.25, -0.2) is 9.89 Å². The molecule has 3 amide bonds. The Balaban J connectivity index is 1.57. The molecule has 1 aliphatic carbocycles. The van der Waals surface area contributed by atoms with Crippen molar-refractivity contribution < 1.29 is 9.59 Å². The van der Waals surface area contributed by atoms with E-state index in [0.29, 0.717) is 11.7 Å². The van der Waals surface area contributed by atoms with E-state index in [9.17, 15) is 14.4 Å². The lowest BCUT2D eigenvalue weighted by molar-refractivity contribution is 0.0933. The molecule has 0 aliphatic heterocycles. The van der Waals surface area contributed by atoms with E-state index in [1.165, 1.54) is 12.1 Å². The molecule has 1 atom stereocenters. The van der Waals surface area contributed by atoms with Crippen LogP contribution in [0.15, 0.2) is 41.2 Å². The fourth-order valence-corrected chi connectivity index (χ4v) is 2.26. The van der Waals surface area contributed by atoms with Crippen LogP contribution in [0.5, 0.6) is 0 Å². The zero-order chi connectivity index (χ0) is 17.8. The molecule has 0 spiro atoms. The van der Waals surface area contributed by atoms with Gasteiger partial charge >= 0.3 is 6.03 Å². The summed E-state index contributed by atoms with van der Waals surface area (Å²) >= 11 is 0. The summed E-state index contributed by atoms with van der Waals surface area (Å²) in [5, 5.41) is 14.3. The quantitative estimate of drug-likeness (QED) is 0.660. The van der Waals surface area contributed by atoms with Crippen molar-refractivity contribution in [1.29, 1.82) is 0 Å². The van der Waals surface area contributed by atoms with Crippen molar-refractivity contribution >= 4 is 17.6 Å². The van der Waals surface area contributed by atoms with Gasteiger partial charge in [0.1, 0.15) is 5.69 Å². The Morgan fingerprint density at radius 2 is 1.88 bits per heavy atom. The third-order valence-electron chi connectivity index (χ3n) is 3.84. The van der Waals surface area contributed by atoms with E-state index in [2.05, 4.69) is 26.1 Å². The molecule has 1 aromatic carbocycles. The second-order valence-electron chi connectivity index (χ2n) is 6.00. The number of anilines is 1. The molecule has 1 aromatic heterocycles. The summed E-state index contributed by atoms with van der Waals surface area (Å²) in [5.41, 5.74) is 1.34. The Kier molecular flexibility index (Phi) is 4.78. The van der Waals surface area contributed by atoms with Gasteiger partial charge in [0.15, 0.2) is 0 Å². The predicted octanol–water partition coefficient (Wildman–Crippen LogP) is 1.54. The van der Waals surface area contributed by atoms with Gasteiger partial charge in [-0.05, 0) is 43.5 Å². The van der Waals surface area contributed by atoms with Crippen molar-refractivity contribution in [1.82, 2.24) is 20.8 Å². The highest BCUT2D eigenvalue weighted by molar-refractivity contribution is 5.92. The normalized spacial score (nSPS) is 14.4. The molecule has 0 radical (unpaired) electrons. The van der Waals surface area contributed by atoms with Crippen LogP contribution in [0.4, 0.5) is 10.5 Å². The van der Waals surface area contributed by atoms with Gasteiger partial charge in [-0.1, -0.05) is 12.1 Å². The number of urea groups is 1. The first kappa shape index (κ1) is 16.7. The Morgan fingerprint density at radius 1 is 1.16 bits per heavy atom. The Labute approximate surface area is 144 Å². The molecule has 0 saturated heterocycles. The van der Waals surface area contributed by atoms with Crippen molar-refractivity contribution in [2.24, 2.45) is 0 Å². The highest BCUT2D eigenvalue weighted by atomic mass is 16.2. The molecule has 1 heterocycles. The SMILES string of the molecule is C[C@H](NC(=O)c1ccc(=O)[nH]n1)c1ccc(NC(=O)NC2CC2)cc1. The number of benzene rings is 1. The lowest BCUT2D eigenvalue weighted by Crippen LogP contribution is -2.30. The number of aromatic amines is 1. The largest absolute Gasteiger partial charge is 0.344 e. The molecule has 1 saturated carbocycles. The number of rotatable bonds is 5. The van der Waals surface area contributed by atoms with Crippen molar-refractivity contribution in [3.05, 3.63) is 58.0 Å². The molecule has 130 valence electrons. The summed E-state index contributed by atoms with van der Waals surface area (Å²) in [4.78, 5) is 34.8. The van der Waals surface area contributed by atoms with E-state index < -0.39 is 0 Å².